The van der Waals surface area contributed by atoms with Crippen molar-refractivity contribution in [2.24, 2.45) is 5.92 Å². The predicted octanol–water partition coefficient (Wildman–Crippen LogP) is 4.28. The first-order valence-electron chi connectivity index (χ1n) is 11.5. The first-order valence-corrected chi connectivity index (χ1v) is 11.9. The summed E-state index contributed by atoms with van der Waals surface area (Å²) in [5, 5.41) is 0.517. The number of halogens is 1. The van der Waals surface area contributed by atoms with Crippen molar-refractivity contribution in [2.45, 2.75) is 44.2 Å². The molecule has 2 fully saturated rings. The van der Waals surface area contributed by atoms with E-state index in [-0.39, 0.29) is 36.0 Å². The number of rotatable bonds is 3. The van der Waals surface area contributed by atoms with E-state index in [2.05, 4.69) is 0 Å². The van der Waals surface area contributed by atoms with Crippen LogP contribution >= 0.6 is 11.6 Å². The van der Waals surface area contributed by atoms with Gasteiger partial charge in [0.15, 0.2) is 5.78 Å². The van der Waals surface area contributed by atoms with Gasteiger partial charge < -0.3 is 14.5 Å². The van der Waals surface area contributed by atoms with Gasteiger partial charge >= 0.3 is 0 Å². The number of benzene rings is 2. The highest BCUT2D eigenvalue weighted by Gasteiger charge is 2.45. The second-order valence-corrected chi connectivity index (χ2v) is 9.82. The molecule has 0 bridgehead atoms. The minimum absolute atomic E-state index is 0.0228. The number of ketones is 1. The van der Waals surface area contributed by atoms with E-state index in [1.807, 2.05) is 47.1 Å². The predicted molar refractivity (Wildman–Crippen MR) is 124 cm³/mol. The Labute approximate surface area is 198 Å². The number of ether oxygens (including phenoxy) is 1. The molecule has 5 rings (SSSR count). The van der Waals surface area contributed by atoms with E-state index in [0.717, 1.165) is 5.56 Å². The lowest BCUT2D eigenvalue weighted by Crippen LogP contribution is -2.53. The summed E-state index contributed by atoms with van der Waals surface area (Å²) in [4.78, 5) is 42.3. The van der Waals surface area contributed by atoms with Crippen LogP contribution in [0.5, 0.6) is 5.75 Å². The van der Waals surface area contributed by atoms with E-state index in [0.29, 0.717) is 55.2 Å². The van der Waals surface area contributed by atoms with Crippen molar-refractivity contribution in [1.29, 1.82) is 0 Å². The van der Waals surface area contributed by atoms with Gasteiger partial charge in [-0.2, -0.15) is 0 Å². The molecule has 0 radical (unpaired) electrons. The van der Waals surface area contributed by atoms with Gasteiger partial charge in [-0.3, -0.25) is 14.4 Å². The van der Waals surface area contributed by atoms with E-state index < -0.39 is 5.60 Å². The second kappa shape index (κ2) is 8.49. The number of fused-ring (bicyclic) bond motifs is 1. The molecule has 0 saturated carbocycles. The number of Topliss-reactive ketones (excluding diaryl/α,β-unsaturated/α-hetero) is 1. The average molecular weight is 467 g/mol. The van der Waals surface area contributed by atoms with Gasteiger partial charge in [-0.25, -0.2) is 0 Å². The van der Waals surface area contributed by atoms with Crippen LogP contribution in [0.15, 0.2) is 48.5 Å². The highest BCUT2D eigenvalue weighted by Crippen LogP contribution is 2.40. The molecule has 0 aliphatic carbocycles. The van der Waals surface area contributed by atoms with Crippen LogP contribution in [0, 0.1) is 5.92 Å². The summed E-state index contributed by atoms with van der Waals surface area (Å²) in [6, 6.07) is 15.0. The summed E-state index contributed by atoms with van der Waals surface area (Å²) in [7, 11) is 0. The van der Waals surface area contributed by atoms with Crippen LogP contribution in [0.2, 0.25) is 5.02 Å². The average Bonchev–Trinajstić information content (AvgIpc) is 3.21. The quantitative estimate of drug-likeness (QED) is 0.677. The molecule has 6 nitrogen and oxygen atoms in total. The number of piperidine rings is 1. The summed E-state index contributed by atoms with van der Waals surface area (Å²) in [6.45, 7) is 3.49. The summed E-state index contributed by atoms with van der Waals surface area (Å²) >= 11 is 6.03. The van der Waals surface area contributed by atoms with Crippen molar-refractivity contribution in [1.82, 2.24) is 9.80 Å². The van der Waals surface area contributed by atoms with Crippen molar-refractivity contribution in [3.05, 3.63) is 64.7 Å². The number of likely N-dealkylation sites (tertiary alicyclic amines) is 2. The third kappa shape index (κ3) is 4.12. The van der Waals surface area contributed by atoms with Crippen LogP contribution in [0.3, 0.4) is 0 Å². The number of nitrogens with zero attached hydrogens (tertiary/aromatic N) is 2. The minimum Gasteiger partial charge on any atom is -0.486 e. The van der Waals surface area contributed by atoms with Gasteiger partial charge in [-0.05, 0) is 30.7 Å². The Kier molecular flexibility index (Phi) is 5.65. The van der Waals surface area contributed by atoms with Gasteiger partial charge in [-0.15, -0.1) is 0 Å². The van der Waals surface area contributed by atoms with Crippen LogP contribution in [-0.4, -0.2) is 52.6 Å². The van der Waals surface area contributed by atoms with Crippen molar-refractivity contribution >= 4 is 29.2 Å². The molecular weight excluding hydrogens is 440 g/mol. The zero-order valence-corrected chi connectivity index (χ0v) is 19.4. The number of carbonyl (C=O) groups is 3. The Morgan fingerprint density at radius 3 is 2.58 bits per heavy atom. The topological polar surface area (TPSA) is 66.9 Å². The molecule has 7 heteroatoms. The zero-order valence-electron chi connectivity index (χ0n) is 18.6. The number of amides is 2. The normalized spacial score (nSPS) is 22.8. The maximum Gasteiger partial charge on any atom is 0.227 e. The lowest BCUT2D eigenvalue weighted by molar-refractivity contribution is -0.139. The molecule has 2 saturated heterocycles. The first-order chi connectivity index (χ1) is 15.8. The van der Waals surface area contributed by atoms with Gasteiger partial charge in [0.05, 0.1) is 23.9 Å². The van der Waals surface area contributed by atoms with Gasteiger partial charge in [0, 0.05) is 43.9 Å². The van der Waals surface area contributed by atoms with Crippen molar-refractivity contribution in [2.75, 3.05) is 19.6 Å². The molecule has 2 unspecified atom stereocenters. The highest BCUT2D eigenvalue weighted by molar-refractivity contribution is 6.31. The van der Waals surface area contributed by atoms with Crippen LogP contribution in [0.25, 0.3) is 0 Å². The van der Waals surface area contributed by atoms with E-state index >= 15 is 0 Å². The Bertz CT molecular complexity index is 1090. The zero-order chi connectivity index (χ0) is 23.2. The van der Waals surface area contributed by atoms with Gasteiger partial charge in [0.25, 0.3) is 0 Å². The molecule has 2 amide bonds. The van der Waals surface area contributed by atoms with Gasteiger partial charge in [0.2, 0.25) is 11.8 Å². The lowest BCUT2D eigenvalue weighted by Gasteiger charge is -2.44. The highest BCUT2D eigenvalue weighted by atomic mass is 35.5. The monoisotopic (exact) mass is 466 g/mol. The summed E-state index contributed by atoms with van der Waals surface area (Å²) < 4.78 is 6.27. The van der Waals surface area contributed by atoms with Crippen LogP contribution in [0.1, 0.15) is 54.6 Å². The summed E-state index contributed by atoms with van der Waals surface area (Å²) in [5.41, 5.74) is 1.02. The van der Waals surface area contributed by atoms with Gasteiger partial charge in [0.1, 0.15) is 11.4 Å². The summed E-state index contributed by atoms with van der Waals surface area (Å²) in [5.74, 6) is 0.326. The number of hydrogen-bond donors (Lipinski definition) is 0. The van der Waals surface area contributed by atoms with E-state index in [9.17, 15) is 14.4 Å². The Balaban J connectivity index is 1.22. The van der Waals surface area contributed by atoms with Crippen molar-refractivity contribution in [3.63, 3.8) is 0 Å². The molecule has 33 heavy (non-hydrogen) atoms. The molecule has 1 spiro atoms. The maximum atomic E-state index is 13.2. The second-order valence-electron chi connectivity index (χ2n) is 9.38. The standard InChI is InChI=1S/C26H27ClN2O4/c1-17(18-5-3-2-4-6-18)29-16-19(13-24(29)31)25(32)28-11-9-26(10-12-28)15-22(30)21-14-20(27)7-8-23(21)33-26/h2-8,14,17,19H,9-13,15-16H2,1H3. The molecule has 3 aliphatic rings. The van der Waals surface area contributed by atoms with Crippen LogP contribution < -0.4 is 4.74 Å². The van der Waals surface area contributed by atoms with E-state index in [1.54, 1.807) is 18.2 Å². The number of carbonyl (C=O) groups excluding carboxylic acids is 3. The molecule has 2 atom stereocenters. The Hall–Kier alpha value is -2.86. The number of hydrogen-bond acceptors (Lipinski definition) is 4. The SMILES string of the molecule is CC(c1ccccc1)N1CC(C(=O)N2CCC3(CC2)CC(=O)c2cc(Cl)ccc2O3)CC1=O. The third-order valence-electron chi connectivity index (χ3n) is 7.29. The van der Waals surface area contributed by atoms with Crippen LogP contribution in [0.4, 0.5) is 0 Å². The molecule has 2 aromatic carbocycles. The summed E-state index contributed by atoms with van der Waals surface area (Å²) in [6.07, 6.45) is 1.74. The van der Waals surface area contributed by atoms with Crippen LogP contribution in [-0.2, 0) is 9.59 Å². The molecular formula is C26H27ClN2O4. The fraction of sp³-hybridized carbons (Fsp3) is 0.423. The molecule has 2 aromatic rings. The molecule has 172 valence electrons. The lowest BCUT2D eigenvalue weighted by atomic mass is 9.82. The largest absolute Gasteiger partial charge is 0.486 e. The molecule has 0 aromatic heterocycles. The van der Waals surface area contributed by atoms with Crippen molar-refractivity contribution < 1.29 is 19.1 Å². The van der Waals surface area contributed by atoms with E-state index in [4.69, 9.17) is 16.3 Å². The van der Waals surface area contributed by atoms with Gasteiger partial charge in [-0.1, -0.05) is 41.9 Å². The maximum absolute atomic E-state index is 13.2. The Morgan fingerprint density at radius 2 is 1.85 bits per heavy atom. The fourth-order valence-corrected chi connectivity index (χ4v) is 5.49. The molecule has 0 N–H and O–H groups in total. The molecule has 3 aliphatic heterocycles. The Morgan fingerprint density at radius 1 is 1.12 bits per heavy atom. The fourth-order valence-electron chi connectivity index (χ4n) is 5.32. The first kappa shape index (κ1) is 22.0. The smallest absolute Gasteiger partial charge is 0.227 e. The van der Waals surface area contributed by atoms with Crippen molar-refractivity contribution in [3.8, 4) is 5.75 Å². The van der Waals surface area contributed by atoms with E-state index in [1.165, 1.54) is 0 Å². The minimum atomic E-state index is -0.575. The molecule has 3 heterocycles. The third-order valence-corrected chi connectivity index (χ3v) is 7.53.